The first-order chi connectivity index (χ1) is 28.6. The zero-order chi connectivity index (χ0) is 38.5. The number of anilines is 3. The lowest BCUT2D eigenvalue weighted by atomic mass is 9.69. The Morgan fingerprint density at radius 1 is 0.448 bits per heavy atom. The Bertz CT molecular complexity index is 3410. The number of nitrogens with zero attached hydrogens (tertiary/aromatic N) is 1. The largest absolute Gasteiger partial charge is 0.456 e. The van der Waals surface area contributed by atoms with Gasteiger partial charge in [0.1, 0.15) is 11.2 Å². The molecule has 1 heterocycles. The molecule has 1 aromatic heterocycles. The minimum absolute atomic E-state index is 0.491. The summed E-state index contributed by atoms with van der Waals surface area (Å²) in [4.78, 5) is 2.42. The van der Waals surface area contributed by atoms with E-state index in [0.29, 0.717) is 0 Å². The molecule has 10 aromatic rings. The van der Waals surface area contributed by atoms with Crippen LogP contribution < -0.4 is 4.90 Å². The summed E-state index contributed by atoms with van der Waals surface area (Å²) in [5.41, 5.74) is 14.8. The van der Waals surface area contributed by atoms with Crippen LogP contribution in [0.1, 0.15) is 29.2 Å². The van der Waals surface area contributed by atoms with Gasteiger partial charge < -0.3 is 9.32 Å². The number of para-hydroxylation sites is 1. The molecular formula is C56H37NO. The van der Waals surface area contributed by atoms with E-state index in [4.69, 9.17) is 4.42 Å². The predicted octanol–water partition coefficient (Wildman–Crippen LogP) is 15.4. The van der Waals surface area contributed by atoms with Crippen LogP contribution in [-0.4, -0.2) is 0 Å². The van der Waals surface area contributed by atoms with Gasteiger partial charge in [-0.05, 0) is 126 Å². The second-order valence-electron chi connectivity index (χ2n) is 15.6. The van der Waals surface area contributed by atoms with E-state index in [9.17, 15) is 0 Å². The van der Waals surface area contributed by atoms with Gasteiger partial charge in [0, 0.05) is 33.9 Å². The summed E-state index contributed by atoms with van der Waals surface area (Å²) in [6.07, 6.45) is 6.26. The summed E-state index contributed by atoms with van der Waals surface area (Å²) in [7, 11) is 0. The van der Waals surface area contributed by atoms with E-state index in [2.05, 4.69) is 200 Å². The van der Waals surface area contributed by atoms with Gasteiger partial charge in [-0.2, -0.15) is 0 Å². The molecule has 2 aliphatic rings. The molecule has 12 rings (SSSR count). The second-order valence-corrected chi connectivity index (χ2v) is 15.6. The van der Waals surface area contributed by atoms with Gasteiger partial charge in [0.05, 0.1) is 5.41 Å². The van der Waals surface area contributed by atoms with Crippen molar-refractivity contribution in [3.8, 4) is 11.1 Å². The van der Waals surface area contributed by atoms with Gasteiger partial charge in [-0.25, -0.2) is 0 Å². The van der Waals surface area contributed by atoms with E-state index in [-0.39, 0.29) is 0 Å². The lowest BCUT2D eigenvalue weighted by Gasteiger charge is -2.33. The van der Waals surface area contributed by atoms with Crippen LogP contribution in [0.2, 0.25) is 0 Å². The quantitative estimate of drug-likeness (QED) is 0.129. The zero-order valence-corrected chi connectivity index (χ0v) is 32.0. The Morgan fingerprint density at radius 3 is 1.67 bits per heavy atom. The van der Waals surface area contributed by atoms with Crippen LogP contribution in [0.5, 0.6) is 0 Å². The molecule has 0 radical (unpaired) electrons. The summed E-state index contributed by atoms with van der Waals surface area (Å²) >= 11 is 0. The summed E-state index contributed by atoms with van der Waals surface area (Å²) in [5.74, 6) is 0. The molecule has 1 unspecified atom stereocenters. The van der Waals surface area contributed by atoms with Crippen molar-refractivity contribution in [1.82, 2.24) is 0 Å². The number of hydrogen-bond donors (Lipinski definition) is 0. The number of fused-ring (bicyclic) bond motifs is 16. The highest BCUT2D eigenvalue weighted by atomic mass is 16.3. The molecule has 0 saturated heterocycles. The van der Waals surface area contributed by atoms with Crippen molar-refractivity contribution in [2.24, 2.45) is 0 Å². The van der Waals surface area contributed by atoms with Crippen molar-refractivity contribution in [2.75, 3.05) is 4.90 Å². The highest BCUT2D eigenvalue weighted by Crippen LogP contribution is 2.62. The molecule has 2 nitrogen and oxygen atoms in total. The first-order valence-electron chi connectivity index (χ1n) is 20.0. The van der Waals surface area contributed by atoms with Crippen molar-refractivity contribution >= 4 is 76.9 Å². The van der Waals surface area contributed by atoms with E-state index in [0.717, 1.165) is 39.0 Å². The van der Waals surface area contributed by atoms with Crippen LogP contribution in [0.4, 0.5) is 17.1 Å². The van der Waals surface area contributed by atoms with Crippen LogP contribution in [0, 0.1) is 0 Å². The molecular weight excluding hydrogens is 703 g/mol. The molecule has 1 spiro atoms. The Hall–Kier alpha value is -7.42. The van der Waals surface area contributed by atoms with Crippen LogP contribution in [0.25, 0.3) is 71.0 Å². The van der Waals surface area contributed by atoms with E-state index >= 15 is 0 Å². The van der Waals surface area contributed by atoms with Crippen molar-refractivity contribution in [1.29, 1.82) is 0 Å². The van der Waals surface area contributed by atoms with E-state index in [1.165, 1.54) is 76.8 Å². The first-order valence-corrected chi connectivity index (χ1v) is 20.0. The molecule has 1 atom stereocenters. The maximum Gasteiger partial charge on any atom is 0.137 e. The third kappa shape index (κ3) is 4.37. The SMILES string of the molecule is C=C/C=C\C1=C(C)c2ccccc2C12c1ccccc1-c1ccc(N(c3ccc4c(c3)oc3ccccc34)c3ccc4c5ccccc5c5ccccc5c4c3)cc12. The molecule has 0 fully saturated rings. The molecule has 58 heavy (non-hydrogen) atoms. The average Bonchev–Trinajstić information content (AvgIpc) is 3.88. The number of furan rings is 1. The topological polar surface area (TPSA) is 16.4 Å². The van der Waals surface area contributed by atoms with Gasteiger partial charge in [-0.3, -0.25) is 0 Å². The van der Waals surface area contributed by atoms with Crippen LogP contribution in [0.3, 0.4) is 0 Å². The second kappa shape index (κ2) is 12.3. The van der Waals surface area contributed by atoms with Gasteiger partial charge >= 0.3 is 0 Å². The molecule has 2 heteroatoms. The van der Waals surface area contributed by atoms with Crippen LogP contribution in [-0.2, 0) is 5.41 Å². The lowest BCUT2D eigenvalue weighted by Crippen LogP contribution is -2.27. The number of rotatable bonds is 5. The average molecular weight is 740 g/mol. The molecule has 9 aromatic carbocycles. The van der Waals surface area contributed by atoms with E-state index < -0.39 is 5.41 Å². The standard InChI is InChI=1S/C56H37NO/c1-3-4-22-50-35(2)39-15-9-12-23-51(39)56(50)52-24-13-10-20-45(52)46-30-27-37(33-53(46)56)57(38-28-31-48-47-21-11-14-25-54(47)58-55(48)34-38)36-26-29-44-42-18-6-5-16-40(42)41-17-7-8-19-43(41)49(44)32-36/h3-34H,1H2,2H3/b22-4-. The number of allylic oxidation sites excluding steroid dienone is 5. The fraction of sp³-hybridized carbons (Fsp3) is 0.0357. The number of benzene rings is 9. The normalized spacial score (nSPS) is 15.7. The van der Waals surface area contributed by atoms with Gasteiger partial charge in [0.15, 0.2) is 0 Å². The fourth-order valence-electron chi connectivity index (χ4n) is 10.4. The van der Waals surface area contributed by atoms with Crippen molar-refractivity contribution < 1.29 is 4.42 Å². The van der Waals surface area contributed by atoms with Crippen molar-refractivity contribution in [3.63, 3.8) is 0 Å². The third-order valence-corrected chi connectivity index (χ3v) is 12.8. The van der Waals surface area contributed by atoms with Crippen molar-refractivity contribution in [2.45, 2.75) is 12.3 Å². The molecule has 0 amide bonds. The van der Waals surface area contributed by atoms with Gasteiger partial charge in [-0.1, -0.05) is 152 Å². The maximum absolute atomic E-state index is 6.54. The van der Waals surface area contributed by atoms with E-state index in [1.807, 2.05) is 12.1 Å². The molecule has 2 aliphatic carbocycles. The summed E-state index contributed by atoms with van der Waals surface area (Å²) in [5, 5.41) is 9.75. The molecule has 0 saturated carbocycles. The smallest absolute Gasteiger partial charge is 0.137 e. The molecule has 0 bridgehead atoms. The lowest BCUT2D eigenvalue weighted by molar-refractivity contribution is 0.669. The van der Waals surface area contributed by atoms with Crippen molar-refractivity contribution in [3.05, 3.63) is 229 Å². The molecule has 272 valence electrons. The van der Waals surface area contributed by atoms with Gasteiger partial charge in [0.2, 0.25) is 0 Å². The maximum atomic E-state index is 6.54. The monoisotopic (exact) mass is 739 g/mol. The van der Waals surface area contributed by atoms with Crippen LogP contribution in [0.15, 0.2) is 211 Å². The van der Waals surface area contributed by atoms with Crippen LogP contribution >= 0.6 is 0 Å². The Labute approximate surface area is 336 Å². The summed E-state index contributed by atoms with van der Waals surface area (Å²) in [6.45, 7) is 6.35. The Morgan fingerprint density at radius 2 is 0.948 bits per heavy atom. The minimum atomic E-state index is -0.491. The Balaban J connectivity index is 1.16. The highest BCUT2D eigenvalue weighted by Gasteiger charge is 2.51. The number of hydrogen-bond acceptors (Lipinski definition) is 2. The Kier molecular flexibility index (Phi) is 6.95. The molecule has 0 aliphatic heterocycles. The first kappa shape index (κ1) is 32.8. The minimum Gasteiger partial charge on any atom is -0.456 e. The third-order valence-electron chi connectivity index (χ3n) is 12.8. The molecule has 0 N–H and O–H groups in total. The predicted molar refractivity (Wildman–Crippen MR) is 245 cm³/mol. The summed E-state index contributed by atoms with van der Waals surface area (Å²) < 4.78 is 6.54. The van der Waals surface area contributed by atoms with E-state index in [1.54, 1.807) is 0 Å². The highest BCUT2D eigenvalue weighted by molar-refractivity contribution is 6.26. The zero-order valence-electron chi connectivity index (χ0n) is 32.0. The summed E-state index contributed by atoms with van der Waals surface area (Å²) in [6, 6.07) is 64.6. The van der Waals surface area contributed by atoms with Gasteiger partial charge in [0.25, 0.3) is 0 Å². The fourth-order valence-corrected chi connectivity index (χ4v) is 10.4. The van der Waals surface area contributed by atoms with Gasteiger partial charge in [-0.15, -0.1) is 0 Å².